The quantitative estimate of drug-likeness (QED) is 0.115. The maximum Gasteiger partial charge on any atom is 0.330 e. The summed E-state index contributed by atoms with van der Waals surface area (Å²) in [6, 6.07) is 19.3. The van der Waals surface area contributed by atoms with Crippen molar-refractivity contribution in [2.24, 2.45) is 0 Å². The monoisotopic (exact) mass is 622 g/mol. The fourth-order valence-electron chi connectivity index (χ4n) is 4.83. The van der Waals surface area contributed by atoms with E-state index in [1.807, 2.05) is 0 Å². The number of hydrogen-bond donors (Lipinski definition) is 6. The molecule has 3 aromatic carbocycles. The van der Waals surface area contributed by atoms with Gasteiger partial charge in [0.25, 0.3) is 0 Å². The van der Waals surface area contributed by atoms with Crippen LogP contribution in [0, 0.1) is 0 Å². The predicted molar refractivity (Wildman–Crippen MR) is 162 cm³/mol. The van der Waals surface area contributed by atoms with E-state index in [4.69, 9.17) is 14.2 Å². The van der Waals surface area contributed by atoms with E-state index >= 15 is 0 Å². The molecule has 11 heteroatoms. The fourth-order valence-corrected chi connectivity index (χ4v) is 4.83. The molecule has 1 heterocycles. The molecule has 1 aliphatic rings. The van der Waals surface area contributed by atoms with Gasteiger partial charge in [0.15, 0.2) is 6.29 Å². The Morgan fingerprint density at radius 3 is 1.91 bits per heavy atom. The standard InChI is InChI=1S/C34H38O11/c35-24-10-1-21(2-11-24)7-16-27(38)19-28(17-8-22-3-12-25(36)13-4-22)44-34-33(42)32(41)31(40)29(45-34)20-43-30(39)18-9-23-5-14-26(37)15-6-23/h1-6,9-15,18,28-29,31-37,40-42H,7-8,16-17,19-20H2/b18-9+/t28-,29-,31-,32+,33-,34-/m1/s1. The minimum Gasteiger partial charge on any atom is -0.508 e. The minimum absolute atomic E-state index is 0.0247. The van der Waals surface area contributed by atoms with Gasteiger partial charge in [0, 0.05) is 18.9 Å². The van der Waals surface area contributed by atoms with Gasteiger partial charge in [-0.3, -0.25) is 4.79 Å². The number of phenolic OH excluding ortho intramolecular Hbond substituents is 3. The van der Waals surface area contributed by atoms with Crippen LogP contribution in [0.5, 0.6) is 17.2 Å². The highest BCUT2D eigenvalue weighted by molar-refractivity contribution is 5.87. The van der Waals surface area contributed by atoms with Gasteiger partial charge in [0.2, 0.25) is 0 Å². The van der Waals surface area contributed by atoms with E-state index in [0.717, 1.165) is 17.2 Å². The zero-order chi connectivity index (χ0) is 32.3. The summed E-state index contributed by atoms with van der Waals surface area (Å²) in [5, 5.41) is 60.2. The second-order valence-corrected chi connectivity index (χ2v) is 10.9. The number of ketones is 1. The van der Waals surface area contributed by atoms with Crippen LogP contribution in [0.2, 0.25) is 0 Å². The largest absolute Gasteiger partial charge is 0.508 e. The number of phenols is 3. The molecule has 1 aliphatic heterocycles. The number of aryl methyl sites for hydroxylation is 2. The Balaban J connectivity index is 1.38. The number of ether oxygens (including phenoxy) is 3. The number of hydrogen-bond acceptors (Lipinski definition) is 11. The number of Topliss-reactive ketones (excluding diaryl/α,β-unsaturated/α-hetero) is 1. The molecule has 4 rings (SSSR count). The molecule has 0 aliphatic carbocycles. The number of aromatic hydroxyl groups is 3. The molecule has 1 saturated heterocycles. The number of rotatable bonds is 14. The number of carbonyl (C=O) groups is 2. The molecule has 0 amide bonds. The van der Waals surface area contributed by atoms with Crippen LogP contribution in [0.25, 0.3) is 6.08 Å². The molecular formula is C34H38O11. The van der Waals surface area contributed by atoms with Crippen molar-refractivity contribution in [3.8, 4) is 17.2 Å². The van der Waals surface area contributed by atoms with Crippen LogP contribution in [-0.4, -0.2) is 85.8 Å². The predicted octanol–water partition coefficient (Wildman–Crippen LogP) is 2.78. The highest BCUT2D eigenvalue weighted by atomic mass is 16.7. The van der Waals surface area contributed by atoms with E-state index in [-0.39, 0.29) is 35.9 Å². The second-order valence-electron chi connectivity index (χ2n) is 10.9. The lowest BCUT2D eigenvalue weighted by molar-refractivity contribution is -0.311. The smallest absolute Gasteiger partial charge is 0.330 e. The van der Waals surface area contributed by atoms with E-state index < -0.39 is 49.4 Å². The maximum atomic E-state index is 13.0. The molecule has 11 nitrogen and oxygen atoms in total. The number of benzene rings is 3. The van der Waals surface area contributed by atoms with Crippen molar-refractivity contribution in [3.63, 3.8) is 0 Å². The van der Waals surface area contributed by atoms with Crippen molar-refractivity contribution >= 4 is 17.8 Å². The second kappa shape index (κ2) is 16.2. The molecule has 240 valence electrons. The third-order valence-electron chi connectivity index (χ3n) is 7.47. The lowest BCUT2D eigenvalue weighted by Gasteiger charge is -2.41. The Morgan fingerprint density at radius 2 is 1.31 bits per heavy atom. The first-order chi connectivity index (χ1) is 21.6. The summed E-state index contributed by atoms with van der Waals surface area (Å²) in [4.78, 5) is 25.3. The normalized spacial score (nSPS) is 22.2. The van der Waals surface area contributed by atoms with E-state index in [1.165, 1.54) is 18.2 Å². The van der Waals surface area contributed by atoms with Crippen LogP contribution >= 0.6 is 0 Å². The summed E-state index contributed by atoms with van der Waals surface area (Å²) in [7, 11) is 0. The van der Waals surface area contributed by atoms with Gasteiger partial charge in [-0.05, 0) is 78.4 Å². The third kappa shape index (κ3) is 10.4. The van der Waals surface area contributed by atoms with Gasteiger partial charge in [-0.25, -0.2) is 4.79 Å². The minimum atomic E-state index is -1.68. The molecule has 6 atom stereocenters. The molecule has 1 fully saturated rings. The van der Waals surface area contributed by atoms with Crippen LogP contribution in [0.1, 0.15) is 36.0 Å². The van der Waals surface area contributed by atoms with Crippen molar-refractivity contribution in [1.82, 2.24) is 0 Å². The Morgan fingerprint density at radius 1 is 0.756 bits per heavy atom. The molecule has 3 aromatic rings. The van der Waals surface area contributed by atoms with E-state index in [9.17, 15) is 40.2 Å². The zero-order valence-electron chi connectivity index (χ0n) is 24.5. The first-order valence-corrected chi connectivity index (χ1v) is 14.6. The molecular weight excluding hydrogens is 584 g/mol. The van der Waals surface area contributed by atoms with Crippen molar-refractivity contribution < 1.29 is 54.4 Å². The number of aliphatic hydroxyl groups excluding tert-OH is 3. The van der Waals surface area contributed by atoms with Crippen LogP contribution < -0.4 is 0 Å². The summed E-state index contributed by atoms with van der Waals surface area (Å²) in [5.41, 5.74) is 2.39. The van der Waals surface area contributed by atoms with Gasteiger partial charge < -0.3 is 44.8 Å². The van der Waals surface area contributed by atoms with Gasteiger partial charge in [-0.1, -0.05) is 36.4 Å². The molecule has 0 radical (unpaired) electrons. The summed E-state index contributed by atoms with van der Waals surface area (Å²) in [6.07, 6.45) is -4.26. The molecule has 0 aromatic heterocycles. The number of carbonyl (C=O) groups excluding carboxylic acids is 2. The van der Waals surface area contributed by atoms with Crippen LogP contribution in [0.15, 0.2) is 78.9 Å². The molecule has 0 spiro atoms. The van der Waals surface area contributed by atoms with Crippen molar-refractivity contribution in [2.45, 2.75) is 68.9 Å². The Kier molecular flexibility index (Phi) is 12.1. The molecule has 0 saturated carbocycles. The Labute approximate surface area is 260 Å². The van der Waals surface area contributed by atoms with Crippen LogP contribution in [0.4, 0.5) is 0 Å². The van der Waals surface area contributed by atoms with Gasteiger partial charge >= 0.3 is 5.97 Å². The number of aliphatic hydroxyl groups is 3. The van der Waals surface area contributed by atoms with Crippen molar-refractivity contribution in [1.29, 1.82) is 0 Å². The molecule has 6 N–H and O–H groups in total. The van der Waals surface area contributed by atoms with E-state index in [1.54, 1.807) is 60.7 Å². The van der Waals surface area contributed by atoms with Crippen LogP contribution in [0.3, 0.4) is 0 Å². The molecule has 0 bridgehead atoms. The lowest BCUT2D eigenvalue weighted by Crippen LogP contribution is -2.60. The lowest BCUT2D eigenvalue weighted by atomic mass is 9.98. The Bertz CT molecular complexity index is 1400. The van der Waals surface area contributed by atoms with Gasteiger partial charge in [-0.2, -0.15) is 0 Å². The summed E-state index contributed by atoms with van der Waals surface area (Å²) in [6.45, 7) is -0.451. The third-order valence-corrected chi connectivity index (χ3v) is 7.47. The maximum absolute atomic E-state index is 13.0. The van der Waals surface area contributed by atoms with Crippen molar-refractivity contribution in [3.05, 3.63) is 95.6 Å². The fraction of sp³-hybridized carbons (Fsp3) is 0.353. The SMILES string of the molecule is O=C(CCc1ccc(O)cc1)C[C@@H](CCc1ccc(O)cc1)O[C@@H]1O[C@H](COC(=O)/C=C/c2ccc(O)cc2)[C@@H](O)[C@H](O)[C@H]1O. The average molecular weight is 623 g/mol. The summed E-state index contributed by atoms with van der Waals surface area (Å²) in [5.74, 6) is -0.537. The summed E-state index contributed by atoms with van der Waals surface area (Å²) >= 11 is 0. The number of esters is 1. The topological polar surface area (TPSA) is 183 Å². The highest BCUT2D eigenvalue weighted by Crippen LogP contribution is 2.26. The van der Waals surface area contributed by atoms with Gasteiger partial charge in [-0.15, -0.1) is 0 Å². The highest BCUT2D eigenvalue weighted by Gasteiger charge is 2.45. The van der Waals surface area contributed by atoms with E-state index in [0.29, 0.717) is 24.8 Å². The average Bonchev–Trinajstić information content (AvgIpc) is 3.03. The first kappa shape index (κ1) is 33.6. The van der Waals surface area contributed by atoms with Crippen LogP contribution in [-0.2, 0) is 36.6 Å². The van der Waals surface area contributed by atoms with Crippen molar-refractivity contribution in [2.75, 3.05) is 6.61 Å². The van der Waals surface area contributed by atoms with Gasteiger partial charge in [0.05, 0.1) is 6.10 Å². The zero-order valence-corrected chi connectivity index (χ0v) is 24.5. The van der Waals surface area contributed by atoms with Gasteiger partial charge in [0.1, 0.15) is 54.1 Å². The van der Waals surface area contributed by atoms with E-state index in [2.05, 4.69) is 0 Å². The molecule has 0 unspecified atom stereocenters. The first-order valence-electron chi connectivity index (χ1n) is 14.6. The summed E-state index contributed by atoms with van der Waals surface area (Å²) < 4.78 is 17.0. The molecule has 45 heavy (non-hydrogen) atoms. The Hall–Kier alpha value is -4.26.